The highest BCUT2D eigenvalue weighted by Gasteiger charge is 2.34. The van der Waals surface area contributed by atoms with Crippen LogP contribution in [0.25, 0.3) is 11.3 Å². The van der Waals surface area contributed by atoms with E-state index >= 15 is 0 Å². The first-order valence-corrected chi connectivity index (χ1v) is 10.2. The average Bonchev–Trinajstić information content (AvgIpc) is 3.53. The van der Waals surface area contributed by atoms with Crippen molar-refractivity contribution in [3.8, 4) is 22.8 Å². The van der Waals surface area contributed by atoms with Gasteiger partial charge in [0.2, 0.25) is 5.76 Å². The molecule has 166 valence electrons. The number of nitrogens with zero attached hydrogens (tertiary/aromatic N) is 1. The Labute approximate surface area is 184 Å². The summed E-state index contributed by atoms with van der Waals surface area (Å²) in [5, 5.41) is 3.78. The largest absolute Gasteiger partial charge is 0.497 e. The smallest absolute Gasteiger partial charge is 0.382 e. The molecule has 1 aromatic heterocycles. The van der Waals surface area contributed by atoms with Crippen LogP contribution in [0.15, 0.2) is 53.1 Å². The summed E-state index contributed by atoms with van der Waals surface area (Å²) in [4.78, 5) is 24.4. The minimum Gasteiger partial charge on any atom is -0.497 e. The van der Waals surface area contributed by atoms with Gasteiger partial charge in [0.15, 0.2) is 0 Å². The van der Waals surface area contributed by atoms with Crippen LogP contribution >= 0.6 is 0 Å². The van der Waals surface area contributed by atoms with Crippen molar-refractivity contribution in [1.29, 1.82) is 0 Å². The minimum absolute atomic E-state index is 0.00835. The summed E-state index contributed by atoms with van der Waals surface area (Å²) < 4.78 is 34.6. The van der Waals surface area contributed by atoms with Gasteiger partial charge in [-0.15, -0.1) is 0 Å². The molecule has 0 aliphatic heterocycles. The topological polar surface area (TPSA) is 87.9 Å². The molecular formula is C24H22FNO6. The minimum atomic E-state index is -0.764. The van der Waals surface area contributed by atoms with E-state index in [0.717, 1.165) is 18.4 Å². The lowest BCUT2D eigenvalue weighted by Crippen LogP contribution is -2.11. The third kappa shape index (κ3) is 4.80. The lowest BCUT2D eigenvalue weighted by molar-refractivity contribution is -0.141. The normalized spacial score (nSPS) is 14.0. The molecule has 1 aliphatic carbocycles. The van der Waals surface area contributed by atoms with Crippen LogP contribution in [0.3, 0.4) is 0 Å². The molecule has 0 bridgehead atoms. The van der Waals surface area contributed by atoms with E-state index < -0.39 is 11.8 Å². The van der Waals surface area contributed by atoms with Crippen molar-refractivity contribution in [3.63, 3.8) is 0 Å². The number of benzene rings is 2. The van der Waals surface area contributed by atoms with Crippen molar-refractivity contribution in [3.05, 3.63) is 65.7 Å². The molecule has 32 heavy (non-hydrogen) atoms. The van der Waals surface area contributed by atoms with Crippen LogP contribution < -0.4 is 9.47 Å². The molecule has 7 nitrogen and oxygen atoms in total. The molecule has 4 rings (SSSR count). The molecule has 1 fully saturated rings. The fourth-order valence-electron chi connectivity index (χ4n) is 3.61. The first kappa shape index (κ1) is 21.5. The van der Waals surface area contributed by atoms with E-state index in [4.69, 9.17) is 18.7 Å². The Kier molecular flexibility index (Phi) is 6.20. The zero-order chi connectivity index (χ0) is 22.7. The van der Waals surface area contributed by atoms with Gasteiger partial charge in [-0.3, -0.25) is 4.79 Å². The predicted octanol–water partition coefficient (Wildman–Crippen LogP) is 4.77. The lowest BCUT2D eigenvalue weighted by atomic mass is 9.91. The van der Waals surface area contributed by atoms with Gasteiger partial charge in [-0.2, -0.15) is 0 Å². The van der Waals surface area contributed by atoms with Gasteiger partial charge in [0, 0.05) is 11.6 Å². The van der Waals surface area contributed by atoms with E-state index in [0.29, 0.717) is 17.4 Å². The molecule has 8 heteroatoms. The number of ether oxygens (including phenoxy) is 3. The van der Waals surface area contributed by atoms with E-state index in [1.165, 1.54) is 38.5 Å². The average molecular weight is 439 g/mol. The summed E-state index contributed by atoms with van der Waals surface area (Å²) in [6.45, 7) is 0. The Balaban J connectivity index is 1.50. The highest BCUT2D eigenvalue weighted by atomic mass is 19.1. The van der Waals surface area contributed by atoms with Crippen molar-refractivity contribution in [2.24, 2.45) is 5.92 Å². The number of esters is 2. The van der Waals surface area contributed by atoms with Gasteiger partial charge >= 0.3 is 11.9 Å². The number of carbonyl (C=O) groups is 2. The summed E-state index contributed by atoms with van der Waals surface area (Å²) in [6.07, 6.45) is 2.37. The molecule has 1 saturated carbocycles. The maximum atomic E-state index is 14.2. The zero-order valence-corrected chi connectivity index (χ0v) is 17.7. The molecule has 0 radical (unpaired) electrons. The summed E-state index contributed by atoms with van der Waals surface area (Å²) in [5.74, 6) is -0.549. The van der Waals surface area contributed by atoms with Crippen molar-refractivity contribution in [2.45, 2.75) is 25.2 Å². The van der Waals surface area contributed by atoms with Crippen molar-refractivity contribution >= 4 is 11.9 Å². The number of halogens is 1. The van der Waals surface area contributed by atoms with Gasteiger partial charge < -0.3 is 18.7 Å². The Morgan fingerprint density at radius 3 is 2.66 bits per heavy atom. The Morgan fingerprint density at radius 1 is 1.12 bits per heavy atom. The van der Waals surface area contributed by atoms with Gasteiger partial charge in [-0.1, -0.05) is 17.3 Å². The second-order valence-electron chi connectivity index (χ2n) is 7.61. The van der Waals surface area contributed by atoms with E-state index in [9.17, 15) is 14.0 Å². The van der Waals surface area contributed by atoms with Crippen LogP contribution in [0.5, 0.6) is 11.5 Å². The number of aromatic nitrogens is 1. The van der Waals surface area contributed by atoms with Gasteiger partial charge in [-0.25, -0.2) is 9.18 Å². The molecule has 0 amide bonds. The SMILES string of the molecule is COC(=O)CC(c1cccc(OC(=O)c2cc(-c3cc(OC)ccc3F)no2)c1)C1CC1. The van der Waals surface area contributed by atoms with Gasteiger partial charge in [-0.05, 0) is 60.6 Å². The van der Waals surface area contributed by atoms with Crippen LogP contribution in [0, 0.1) is 11.7 Å². The number of hydrogen-bond donors (Lipinski definition) is 0. The number of hydrogen-bond acceptors (Lipinski definition) is 7. The monoisotopic (exact) mass is 439 g/mol. The summed E-state index contributed by atoms with van der Waals surface area (Å²) in [5.41, 5.74) is 1.19. The quantitative estimate of drug-likeness (QED) is 0.369. The molecule has 3 aromatic rings. The molecule has 1 aliphatic rings. The molecule has 0 N–H and O–H groups in total. The highest BCUT2D eigenvalue weighted by Crippen LogP contribution is 2.45. The standard InChI is InChI=1S/C24H22FNO6/c1-29-16-8-9-20(25)19(11-16)21-13-22(32-26-21)24(28)31-17-5-3-4-15(10-17)18(14-6-7-14)12-23(27)30-2/h3-5,8-11,13-14,18H,6-7,12H2,1-2H3. The third-order valence-corrected chi connectivity index (χ3v) is 5.46. The van der Waals surface area contributed by atoms with Gasteiger partial charge in [0.1, 0.15) is 23.0 Å². The lowest BCUT2D eigenvalue weighted by Gasteiger charge is -2.16. The summed E-state index contributed by atoms with van der Waals surface area (Å²) >= 11 is 0. The molecule has 1 heterocycles. The van der Waals surface area contributed by atoms with E-state index in [1.54, 1.807) is 18.2 Å². The number of methoxy groups -OCH3 is 2. The highest BCUT2D eigenvalue weighted by molar-refractivity contribution is 5.89. The first-order chi connectivity index (χ1) is 15.5. The maximum Gasteiger partial charge on any atom is 0.382 e. The summed E-state index contributed by atoms with van der Waals surface area (Å²) in [7, 11) is 2.84. The molecule has 0 spiro atoms. The Morgan fingerprint density at radius 2 is 1.94 bits per heavy atom. The molecule has 1 unspecified atom stereocenters. The van der Waals surface area contributed by atoms with Crippen LogP contribution in [0.4, 0.5) is 4.39 Å². The van der Waals surface area contributed by atoms with E-state index in [-0.39, 0.29) is 35.3 Å². The van der Waals surface area contributed by atoms with Crippen molar-refractivity contribution in [1.82, 2.24) is 5.16 Å². The summed E-state index contributed by atoms with van der Waals surface area (Å²) in [6, 6.07) is 12.6. The van der Waals surface area contributed by atoms with Crippen LogP contribution in [-0.4, -0.2) is 31.3 Å². The fraction of sp³-hybridized carbons (Fsp3) is 0.292. The Bertz CT molecular complexity index is 1140. The molecule has 0 saturated heterocycles. The predicted molar refractivity (Wildman–Crippen MR) is 112 cm³/mol. The second-order valence-corrected chi connectivity index (χ2v) is 7.61. The van der Waals surface area contributed by atoms with Crippen LogP contribution in [-0.2, 0) is 9.53 Å². The van der Waals surface area contributed by atoms with E-state index in [2.05, 4.69) is 5.16 Å². The van der Waals surface area contributed by atoms with Crippen molar-refractivity contribution < 1.29 is 32.7 Å². The van der Waals surface area contributed by atoms with Gasteiger partial charge in [0.05, 0.1) is 20.6 Å². The van der Waals surface area contributed by atoms with Crippen LogP contribution in [0.1, 0.15) is 41.3 Å². The van der Waals surface area contributed by atoms with Gasteiger partial charge in [0.25, 0.3) is 0 Å². The van der Waals surface area contributed by atoms with Crippen LogP contribution in [0.2, 0.25) is 0 Å². The fourth-order valence-corrected chi connectivity index (χ4v) is 3.61. The molecular weight excluding hydrogens is 417 g/mol. The number of carbonyl (C=O) groups excluding carboxylic acids is 2. The third-order valence-electron chi connectivity index (χ3n) is 5.46. The molecule has 2 aromatic carbocycles. The van der Waals surface area contributed by atoms with E-state index in [1.807, 2.05) is 6.07 Å². The van der Waals surface area contributed by atoms with Crippen molar-refractivity contribution in [2.75, 3.05) is 14.2 Å². The second kappa shape index (κ2) is 9.21. The zero-order valence-electron chi connectivity index (χ0n) is 17.7. The first-order valence-electron chi connectivity index (χ1n) is 10.2. The Hall–Kier alpha value is -3.68. The number of rotatable bonds is 8. The molecule has 1 atom stereocenters. The maximum absolute atomic E-state index is 14.2.